The second kappa shape index (κ2) is 6.96. The van der Waals surface area contributed by atoms with Crippen LogP contribution in [0.4, 0.5) is 4.79 Å². The minimum absolute atomic E-state index is 0.275. The summed E-state index contributed by atoms with van der Waals surface area (Å²) in [6.45, 7) is 4.25. The Morgan fingerprint density at radius 1 is 1.47 bits per heavy atom. The lowest BCUT2D eigenvalue weighted by Crippen LogP contribution is -2.50. The number of nitrogens with zero attached hydrogens (tertiary/aromatic N) is 1. The first-order chi connectivity index (χ1) is 8.95. The zero-order valence-electron chi connectivity index (χ0n) is 11.2. The van der Waals surface area contributed by atoms with E-state index in [1.165, 1.54) is 11.8 Å². The third-order valence-corrected chi connectivity index (χ3v) is 3.04. The third kappa shape index (κ3) is 4.42. The molecule has 0 aromatic carbocycles. The van der Waals surface area contributed by atoms with Crippen LogP contribution in [-0.2, 0) is 14.3 Å². The normalized spacial score (nSPS) is 20.5. The van der Waals surface area contributed by atoms with E-state index in [4.69, 9.17) is 9.84 Å². The summed E-state index contributed by atoms with van der Waals surface area (Å²) in [5.74, 6) is -1.71. The third-order valence-electron chi connectivity index (χ3n) is 3.04. The average Bonchev–Trinajstić information content (AvgIpc) is 2.39. The van der Waals surface area contributed by atoms with Crippen LogP contribution >= 0.6 is 0 Å². The molecule has 0 radical (unpaired) electrons. The standard InChI is InChI=1S/C12H20N2O5/c1-3-19-11(17)9-5-4-6-14(7-9)12(18)13-8(2)10(15)16/h8-9H,3-7H2,1-2H3,(H,13,18)(H,15,16)/t8-,9?/m1/s1. The second-order valence-corrected chi connectivity index (χ2v) is 4.55. The maximum Gasteiger partial charge on any atom is 0.325 e. The smallest absolute Gasteiger partial charge is 0.325 e. The molecular weight excluding hydrogens is 252 g/mol. The van der Waals surface area contributed by atoms with Gasteiger partial charge in [0.05, 0.1) is 12.5 Å². The van der Waals surface area contributed by atoms with Gasteiger partial charge < -0.3 is 20.1 Å². The number of likely N-dealkylation sites (tertiary alicyclic amines) is 1. The highest BCUT2D eigenvalue weighted by Crippen LogP contribution is 2.18. The fourth-order valence-corrected chi connectivity index (χ4v) is 1.95. The lowest BCUT2D eigenvalue weighted by molar-refractivity contribution is -0.149. The van der Waals surface area contributed by atoms with Gasteiger partial charge in [0.25, 0.3) is 0 Å². The number of aliphatic carboxylic acids is 1. The van der Waals surface area contributed by atoms with Crippen LogP contribution in [-0.4, -0.2) is 53.7 Å². The van der Waals surface area contributed by atoms with Crippen molar-refractivity contribution in [3.05, 3.63) is 0 Å². The van der Waals surface area contributed by atoms with E-state index < -0.39 is 18.0 Å². The summed E-state index contributed by atoms with van der Waals surface area (Å²) in [5, 5.41) is 11.1. The number of esters is 1. The number of carboxylic acids is 1. The Balaban J connectivity index is 2.52. The Morgan fingerprint density at radius 3 is 2.74 bits per heavy atom. The summed E-state index contributed by atoms with van der Waals surface area (Å²) in [6, 6.07) is -1.40. The number of carbonyl (C=O) groups excluding carboxylic acids is 2. The Morgan fingerprint density at radius 2 is 2.16 bits per heavy atom. The van der Waals surface area contributed by atoms with Crippen LogP contribution in [0.15, 0.2) is 0 Å². The van der Waals surface area contributed by atoms with Crippen molar-refractivity contribution in [1.82, 2.24) is 10.2 Å². The van der Waals surface area contributed by atoms with Crippen LogP contribution in [0.5, 0.6) is 0 Å². The molecule has 1 fully saturated rings. The van der Waals surface area contributed by atoms with Crippen molar-refractivity contribution in [3.63, 3.8) is 0 Å². The first-order valence-corrected chi connectivity index (χ1v) is 6.40. The van der Waals surface area contributed by atoms with E-state index in [0.717, 1.165) is 0 Å². The molecule has 2 atom stereocenters. The van der Waals surface area contributed by atoms with Gasteiger partial charge >= 0.3 is 18.0 Å². The molecule has 7 heteroatoms. The van der Waals surface area contributed by atoms with Gasteiger partial charge in [0.2, 0.25) is 0 Å². The Kier molecular flexibility index (Phi) is 5.59. The van der Waals surface area contributed by atoms with Gasteiger partial charge in [-0.25, -0.2) is 4.79 Å². The number of rotatable bonds is 4. The number of nitrogens with one attached hydrogen (secondary N) is 1. The van der Waals surface area contributed by atoms with Crippen molar-refractivity contribution in [2.75, 3.05) is 19.7 Å². The molecule has 0 aromatic rings. The van der Waals surface area contributed by atoms with E-state index in [2.05, 4.69) is 5.32 Å². The minimum atomic E-state index is -1.09. The van der Waals surface area contributed by atoms with Gasteiger partial charge in [-0.2, -0.15) is 0 Å². The molecule has 108 valence electrons. The molecule has 0 spiro atoms. The molecule has 1 unspecified atom stereocenters. The molecule has 0 aliphatic carbocycles. The van der Waals surface area contributed by atoms with Gasteiger partial charge in [-0.15, -0.1) is 0 Å². The predicted octanol–water partition coefficient (Wildman–Crippen LogP) is 0.444. The van der Waals surface area contributed by atoms with Gasteiger partial charge in [-0.05, 0) is 26.7 Å². The van der Waals surface area contributed by atoms with Crippen LogP contribution < -0.4 is 5.32 Å². The summed E-state index contributed by atoms with van der Waals surface area (Å²) in [6.07, 6.45) is 1.40. The Bertz CT molecular complexity index is 358. The summed E-state index contributed by atoms with van der Waals surface area (Å²) in [7, 11) is 0. The molecule has 1 rings (SSSR count). The van der Waals surface area contributed by atoms with E-state index in [0.29, 0.717) is 26.0 Å². The molecular formula is C12H20N2O5. The van der Waals surface area contributed by atoms with Gasteiger partial charge in [0, 0.05) is 13.1 Å². The van der Waals surface area contributed by atoms with Gasteiger partial charge in [-0.3, -0.25) is 9.59 Å². The summed E-state index contributed by atoms with van der Waals surface area (Å²) in [5.41, 5.74) is 0. The molecule has 0 bridgehead atoms. The van der Waals surface area contributed by atoms with Crippen LogP contribution in [0.1, 0.15) is 26.7 Å². The molecule has 1 aliphatic heterocycles. The quantitative estimate of drug-likeness (QED) is 0.724. The number of ether oxygens (including phenoxy) is 1. The zero-order valence-corrected chi connectivity index (χ0v) is 11.2. The number of carboxylic acid groups (broad SMARTS) is 1. The summed E-state index contributed by atoms with van der Waals surface area (Å²) in [4.78, 5) is 35.6. The number of hydrogen-bond donors (Lipinski definition) is 2. The predicted molar refractivity (Wildman–Crippen MR) is 66.6 cm³/mol. The molecule has 1 aliphatic rings. The molecule has 0 saturated carbocycles. The summed E-state index contributed by atoms with van der Waals surface area (Å²) < 4.78 is 4.94. The van der Waals surface area contributed by atoms with Crippen LogP contribution in [0.25, 0.3) is 0 Å². The lowest BCUT2D eigenvalue weighted by Gasteiger charge is -2.32. The molecule has 7 nitrogen and oxygen atoms in total. The van der Waals surface area contributed by atoms with Crippen molar-refractivity contribution in [3.8, 4) is 0 Å². The van der Waals surface area contributed by atoms with Gasteiger partial charge in [-0.1, -0.05) is 0 Å². The maximum absolute atomic E-state index is 11.8. The monoisotopic (exact) mass is 272 g/mol. The van der Waals surface area contributed by atoms with Crippen molar-refractivity contribution < 1.29 is 24.2 Å². The number of carbonyl (C=O) groups is 3. The van der Waals surface area contributed by atoms with Gasteiger partial charge in [0.1, 0.15) is 6.04 Å². The number of urea groups is 1. The van der Waals surface area contributed by atoms with E-state index >= 15 is 0 Å². The zero-order chi connectivity index (χ0) is 14.4. The SMILES string of the molecule is CCOC(=O)C1CCCN(C(=O)N[C@H](C)C(=O)O)C1. The highest BCUT2D eigenvalue weighted by Gasteiger charge is 2.30. The van der Waals surface area contributed by atoms with Crippen molar-refractivity contribution in [2.45, 2.75) is 32.7 Å². The Labute approximate surface area is 111 Å². The van der Waals surface area contributed by atoms with Crippen LogP contribution in [0, 0.1) is 5.92 Å². The molecule has 2 amide bonds. The van der Waals surface area contributed by atoms with Crippen LogP contribution in [0.3, 0.4) is 0 Å². The number of amides is 2. The molecule has 0 aromatic heterocycles. The first kappa shape index (κ1) is 15.3. The molecule has 1 saturated heterocycles. The molecule has 2 N–H and O–H groups in total. The van der Waals surface area contributed by atoms with E-state index in [1.54, 1.807) is 6.92 Å². The van der Waals surface area contributed by atoms with E-state index in [1.807, 2.05) is 0 Å². The minimum Gasteiger partial charge on any atom is -0.480 e. The first-order valence-electron chi connectivity index (χ1n) is 6.40. The molecule has 19 heavy (non-hydrogen) atoms. The topological polar surface area (TPSA) is 95.9 Å². The largest absolute Gasteiger partial charge is 0.480 e. The fourth-order valence-electron chi connectivity index (χ4n) is 1.95. The molecule has 1 heterocycles. The maximum atomic E-state index is 11.8. The number of hydrogen-bond acceptors (Lipinski definition) is 4. The number of piperidine rings is 1. The highest BCUT2D eigenvalue weighted by atomic mass is 16.5. The lowest BCUT2D eigenvalue weighted by atomic mass is 9.98. The van der Waals surface area contributed by atoms with Crippen LogP contribution in [0.2, 0.25) is 0 Å². The van der Waals surface area contributed by atoms with Crippen molar-refractivity contribution in [1.29, 1.82) is 0 Å². The average molecular weight is 272 g/mol. The van der Waals surface area contributed by atoms with Crippen molar-refractivity contribution >= 4 is 18.0 Å². The fraction of sp³-hybridized carbons (Fsp3) is 0.750. The Hall–Kier alpha value is -1.79. The second-order valence-electron chi connectivity index (χ2n) is 4.55. The van der Waals surface area contributed by atoms with E-state index in [-0.39, 0.29) is 18.4 Å². The highest BCUT2D eigenvalue weighted by molar-refractivity contribution is 5.83. The summed E-state index contributed by atoms with van der Waals surface area (Å²) >= 11 is 0. The van der Waals surface area contributed by atoms with Crippen molar-refractivity contribution in [2.24, 2.45) is 5.92 Å². The van der Waals surface area contributed by atoms with E-state index in [9.17, 15) is 14.4 Å². The van der Waals surface area contributed by atoms with Gasteiger partial charge in [0.15, 0.2) is 0 Å².